The molecular formula is C11H14ClN. The van der Waals surface area contributed by atoms with Crippen LogP contribution in [0.2, 0.25) is 5.02 Å². The SMILES string of the molecule is Cc1cc(Cl)c2c(c1)CCC[C@H]2N. The molecule has 0 aromatic heterocycles. The summed E-state index contributed by atoms with van der Waals surface area (Å²) in [6.45, 7) is 2.08. The van der Waals surface area contributed by atoms with Gasteiger partial charge in [0.05, 0.1) is 0 Å². The first-order valence-electron chi connectivity index (χ1n) is 4.73. The molecule has 0 fully saturated rings. The van der Waals surface area contributed by atoms with E-state index in [1.165, 1.54) is 23.1 Å². The van der Waals surface area contributed by atoms with Crippen LogP contribution in [-0.4, -0.2) is 0 Å². The molecule has 0 aliphatic heterocycles. The predicted molar refractivity (Wildman–Crippen MR) is 56.1 cm³/mol. The molecule has 1 aliphatic rings. The molecule has 2 rings (SSSR count). The molecule has 2 heteroatoms. The molecule has 0 radical (unpaired) electrons. The Balaban J connectivity index is 2.56. The Hall–Kier alpha value is -0.530. The first-order valence-corrected chi connectivity index (χ1v) is 5.11. The van der Waals surface area contributed by atoms with Crippen LogP contribution < -0.4 is 5.73 Å². The summed E-state index contributed by atoms with van der Waals surface area (Å²) in [5.41, 5.74) is 9.78. The highest BCUT2D eigenvalue weighted by Crippen LogP contribution is 2.34. The fourth-order valence-electron chi connectivity index (χ4n) is 2.10. The third-order valence-corrected chi connectivity index (χ3v) is 3.00. The molecule has 1 atom stereocenters. The van der Waals surface area contributed by atoms with Gasteiger partial charge in [-0.05, 0) is 48.9 Å². The number of aryl methyl sites for hydroxylation is 2. The molecule has 0 saturated carbocycles. The molecule has 13 heavy (non-hydrogen) atoms. The maximum Gasteiger partial charge on any atom is 0.0459 e. The van der Waals surface area contributed by atoms with E-state index in [1.54, 1.807) is 0 Å². The van der Waals surface area contributed by atoms with Crippen LogP contribution in [0.4, 0.5) is 0 Å². The maximum atomic E-state index is 6.16. The van der Waals surface area contributed by atoms with E-state index in [9.17, 15) is 0 Å². The highest BCUT2D eigenvalue weighted by Gasteiger charge is 2.19. The molecule has 1 aliphatic carbocycles. The Labute approximate surface area is 83.9 Å². The zero-order valence-corrected chi connectivity index (χ0v) is 8.56. The van der Waals surface area contributed by atoms with Crippen LogP contribution in [0.25, 0.3) is 0 Å². The highest BCUT2D eigenvalue weighted by molar-refractivity contribution is 6.31. The van der Waals surface area contributed by atoms with Gasteiger partial charge in [0.2, 0.25) is 0 Å². The van der Waals surface area contributed by atoms with Gasteiger partial charge in [-0.2, -0.15) is 0 Å². The van der Waals surface area contributed by atoms with E-state index in [2.05, 4.69) is 13.0 Å². The molecule has 70 valence electrons. The molecule has 0 amide bonds. The second kappa shape index (κ2) is 3.32. The topological polar surface area (TPSA) is 26.0 Å². The van der Waals surface area contributed by atoms with Gasteiger partial charge >= 0.3 is 0 Å². The Kier molecular flexibility index (Phi) is 2.31. The van der Waals surface area contributed by atoms with Crippen molar-refractivity contribution in [3.05, 3.63) is 33.8 Å². The molecule has 0 bridgehead atoms. The lowest BCUT2D eigenvalue weighted by Crippen LogP contribution is -2.18. The first-order chi connectivity index (χ1) is 6.18. The second-order valence-electron chi connectivity index (χ2n) is 3.82. The molecule has 0 saturated heterocycles. The normalized spacial score (nSPS) is 21.3. The van der Waals surface area contributed by atoms with Crippen LogP contribution in [0.15, 0.2) is 12.1 Å². The van der Waals surface area contributed by atoms with Crippen molar-refractivity contribution >= 4 is 11.6 Å². The number of hydrogen-bond acceptors (Lipinski definition) is 1. The van der Waals surface area contributed by atoms with Gasteiger partial charge < -0.3 is 5.73 Å². The Morgan fingerprint density at radius 3 is 3.00 bits per heavy atom. The van der Waals surface area contributed by atoms with Crippen molar-refractivity contribution in [2.45, 2.75) is 32.2 Å². The smallest absolute Gasteiger partial charge is 0.0459 e. The minimum atomic E-state index is 0.150. The molecule has 1 aromatic rings. The van der Waals surface area contributed by atoms with E-state index in [0.29, 0.717) is 0 Å². The zero-order chi connectivity index (χ0) is 9.42. The second-order valence-corrected chi connectivity index (χ2v) is 4.23. The van der Waals surface area contributed by atoms with E-state index in [4.69, 9.17) is 17.3 Å². The summed E-state index contributed by atoms with van der Waals surface area (Å²) < 4.78 is 0. The van der Waals surface area contributed by atoms with Crippen LogP contribution in [0.1, 0.15) is 35.6 Å². The summed E-state index contributed by atoms with van der Waals surface area (Å²) in [4.78, 5) is 0. The number of rotatable bonds is 0. The highest BCUT2D eigenvalue weighted by atomic mass is 35.5. The van der Waals surface area contributed by atoms with E-state index in [1.807, 2.05) is 6.07 Å². The van der Waals surface area contributed by atoms with Crippen molar-refractivity contribution in [2.75, 3.05) is 0 Å². The number of fused-ring (bicyclic) bond motifs is 1. The van der Waals surface area contributed by atoms with Gasteiger partial charge in [-0.1, -0.05) is 17.7 Å². The molecule has 1 nitrogen and oxygen atoms in total. The molecular weight excluding hydrogens is 182 g/mol. The minimum absolute atomic E-state index is 0.150. The Bertz CT molecular complexity index is 333. The zero-order valence-electron chi connectivity index (χ0n) is 7.81. The third kappa shape index (κ3) is 1.59. The van der Waals surface area contributed by atoms with Gasteiger partial charge in [-0.15, -0.1) is 0 Å². The summed E-state index contributed by atoms with van der Waals surface area (Å²) in [6.07, 6.45) is 3.38. The Morgan fingerprint density at radius 2 is 2.23 bits per heavy atom. The van der Waals surface area contributed by atoms with Crippen LogP contribution in [-0.2, 0) is 6.42 Å². The summed E-state index contributed by atoms with van der Waals surface area (Å²) in [5.74, 6) is 0. The molecule has 1 aromatic carbocycles. The van der Waals surface area contributed by atoms with Crippen molar-refractivity contribution in [1.82, 2.24) is 0 Å². The lowest BCUT2D eigenvalue weighted by atomic mass is 9.87. The molecule has 2 N–H and O–H groups in total. The fourth-order valence-corrected chi connectivity index (χ4v) is 2.54. The van der Waals surface area contributed by atoms with Crippen molar-refractivity contribution in [1.29, 1.82) is 0 Å². The predicted octanol–water partition coefficient (Wildman–Crippen LogP) is 2.98. The minimum Gasteiger partial charge on any atom is -0.324 e. The quantitative estimate of drug-likeness (QED) is 0.677. The van der Waals surface area contributed by atoms with Crippen LogP contribution >= 0.6 is 11.6 Å². The number of halogens is 1. The van der Waals surface area contributed by atoms with E-state index < -0.39 is 0 Å². The molecule has 0 unspecified atom stereocenters. The van der Waals surface area contributed by atoms with Crippen molar-refractivity contribution in [3.63, 3.8) is 0 Å². The standard InChI is InChI=1S/C11H14ClN/c1-7-5-8-3-2-4-10(13)11(8)9(12)6-7/h5-6,10H,2-4,13H2,1H3/t10-/m1/s1. The summed E-state index contributed by atoms with van der Waals surface area (Å²) in [6, 6.07) is 4.36. The summed E-state index contributed by atoms with van der Waals surface area (Å²) in [7, 11) is 0. The summed E-state index contributed by atoms with van der Waals surface area (Å²) in [5, 5.41) is 0.849. The number of nitrogens with two attached hydrogens (primary N) is 1. The van der Waals surface area contributed by atoms with Gasteiger partial charge in [-0.25, -0.2) is 0 Å². The lowest BCUT2D eigenvalue weighted by Gasteiger charge is -2.23. The van der Waals surface area contributed by atoms with E-state index in [-0.39, 0.29) is 6.04 Å². The van der Waals surface area contributed by atoms with Gasteiger partial charge in [0.1, 0.15) is 0 Å². The van der Waals surface area contributed by atoms with Crippen molar-refractivity contribution in [3.8, 4) is 0 Å². The number of benzene rings is 1. The van der Waals surface area contributed by atoms with Crippen molar-refractivity contribution in [2.24, 2.45) is 5.73 Å². The van der Waals surface area contributed by atoms with Crippen LogP contribution in [0.3, 0.4) is 0 Å². The molecule has 0 spiro atoms. The lowest BCUT2D eigenvalue weighted by molar-refractivity contribution is 0.570. The van der Waals surface area contributed by atoms with Gasteiger partial charge in [0.25, 0.3) is 0 Å². The van der Waals surface area contributed by atoms with Gasteiger partial charge in [0, 0.05) is 11.1 Å². The monoisotopic (exact) mass is 195 g/mol. The van der Waals surface area contributed by atoms with Crippen LogP contribution in [0.5, 0.6) is 0 Å². The van der Waals surface area contributed by atoms with Crippen LogP contribution in [0, 0.1) is 6.92 Å². The van der Waals surface area contributed by atoms with Crippen molar-refractivity contribution < 1.29 is 0 Å². The average molecular weight is 196 g/mol. The average Bonchev–Trinajstić information content (AvgIpc) is 2.02. The first kappa shape index (κ1) is 9.04. The maximum absolute atomic E-state index is 6.16. The third-order valence-electron chi connectivity index (χ3n) is 2.69. The van der Waals surface area contributed by atoms with Gasteiger partial charge in [-0.3, -0.25) is 0 Å². The van der Waals surface area contributed by atoms with E-state index in [0.717, 1.165) is 17.9 Å². The van der Waals surface area contributed by atoms with Gasteiger partial charge in [0.15, 0.2) is 0 Å². The molecule has 0 heterocycles. The fraction of sp³-hybridized carbons (Fsp3) is 0.455. The Morgan fingerprint density at radius 1 is 1.46 bits per heavy atom. The van der Waals surface area contributed by atoms with E-state index >= 15 is 0 Å². The number of hydrogen-bond donors (Lipinski definition) is 1. The summed E-state index contributed by atoms with van der Waals surface area (Å²) >= 11 is 6.16. The largest absolute Gasteiger partial charge is 0.324 e.